The fraction of sp³-hybridized carbons (Fsp3) is 0.667. The van der Waals surface area contributed by atoms with Crippen LogP contribution in [0.2, 0.25) is 0 Å². The minimum atomic E-state index is 0. The summed E-state index contributed by atoms with van der Waals surface area (Å²) in [5.74, 6) is 0. The smallest absolute Gasteiger partial charge is 0.0348 e. The predicted octanol–water partition coefficient (Wildman–Crippen LogP) is 4.40. The van der Waals surface area contributed by atoms with Crippen LogP contribution in [0.3, 0.4) is 0 Å². The Balaban J connectivity index is 0.00000144. The summed E-state index contributed by atoms with van der Waals surface area (Å²) in [4.78, 5) is 0. The third kappa shape index (κ3) is 7.79. The topological polar surface area (TPSA) is 35.0 Å². The Kier molecular flexibility index (Phi) is 9.12. The van der Waals surface area contributed by atoms with E-state index in [1.807, 2.05) is 0 Å². The van der Waals surface area contributed by atoms with Crippen molar-refractivity contribution in [1.82, 2.24) is 6.15 Å². The lowest BCUT2D eigenvalue weighted by molar-refractivity contribution is 0.599. The largest absolute Gasteiger partial charge is 0.344 e. The van der Waals surface area contributed by atoms with Crippen LogP contribution in [0.4, 0.5) is 0 Å². The fourth-order valence-corrected chi connectivity index (χ4v) is 1.58. The molecule has 0 unspecified atom stereocenters. The maximum Gasteiger partial charge on any atom is -0.0348 e. The Morgan fingerprint density at radius 3 is 1.38 bits per heavy atom. The molecule has 0 aromatic heterocycles. The van der Waals surface area contributed by atoms with Gasteiger partial charge in [0.25, 0.3) is 0 Å². The van der Waals surface area contributed by atoms with Crippen molar-refractivity contribution in [3.05, 3.63) is 24.3 Å². The van der Waals surface area contributed by atoms with Crippen molar-refractivity contribution >= 4 is 0 Å². The quantitative estimate of drug-likeness (QED) is 0.590. The van der Waals surface area contributed by atoms with Crippen LogP contribution in [0, 0.1) is 0 Å². The average Bonchev–Trinajstić information content (AvgIpc) is 2.05. The normalized spacial score (nSPS) is 19.7. The van der Waals surface area contributed by atoms with Crippen LogP contribution in [-0.2, 0) is 0 Å². The van der Waals surface area contributed by atoms with Gasteiger partial charge in [0.15, 0.2) is 0 Å². The van der Waals surface area contributed by atoms with E-state index in [4.69, 9.17) is 0 Å². The predicted molar refractivity (Wildman–Crippen MR) is 60.2 cm³/mol. The summed E-state index contributed by atoms with van der Waals surface area (Å²) < 4.78 is 0. The second kappa shape index (κ2) is 9.53. The number of hydrogen-bond acceptors (Lipinski definition) is 1. The third-order valence-corrected chi connectivity index (χ3v) is 2.37. The lowest BCUT2D eigenvalue weighted by Crippen LogP contribution is -1.80. The monoisotopic (exact) mass is 181 g/mol. The van der Waals surface area contributed by atoms with Crippen LogP contribution in [-0.4, -0.2) is 0 Å². The number of hydrogen-bond donors (Lipinski definition) is 1. The van der Waals surface area contributed by atoms with Gasteiger partial charge in [0.2, 0.25) is 0 Å². The minimum Gasteiger partial charge on any atom is -0.344 e. The first-order chi connectivity index (χ1) is 6.00. The first-order valence-electron chi connectivity index (χ1n) is 5.32. The van der Waals surface area contributed by atoms with Gasteiger partial charge in [-0.3, -0.25) is 0 Å². The van der Waals surface area contributed by atoms with Gasteiger partial charge in [-0.15, -0.1) is 0 Å². The molecule has 0 atom stereocenters. The molecule has 1 nitrogen and oxygen atoms in total. The maximum atomic E-state index is 2.29. The van der Waals surface area contributed by atoms with Gasteiger partial charge in [0, 0.05) is 0 Å². The van der Waals surface area contributed by atoms with Crippen LogP contribution in [0.1, 0.15) is 51.4 Å². The van der Waals surface area contributed by atoms with E-state index in [-0.39, 0.29) is 6.15 Å². The lowest BCUT2D eigenvalue weighted by Gasteiger charge is -1.99. The Labute approximate surface area is 82.5 Å². The molecule has 1 heteroatoms. The molecule has 0 saturated heterocycles. The molecule has 0 aromatic rings. The molecule has 0 radical (unpaired) electrons. The summed E-state index contributed by atoms with van der Waals surface area (Å²) in [5.41, 5.74) is 0. The maximum absolute atomic E-state index is 2.29. The van der Waals surface area contributed by atoms with E-state index in [1.54, 1.807) is 0 Å². The molecule has 0 fully saturated rings. The molecule has 0 saturated carbocycles. The second-order valence-electron chi connectivity index (χ2n) is 3.55. The van der Waals surface area contributed by atoms with Crippen molar-refractivity contribution < 1.29 is 0 Å². The highest BCUT2D eigenvalue weighted by Gasteiger charge is 1.90. The van der Waals surface area contributed by atoms with Gasteiger partial charge < -0.3 is 6.15 Å². The van der Waals surface area contributed by atoms with Gasteiger partial charge in [-0.1, -0.05) is 50.0 Å². The molecule has 1 rings (SSSR count). The molecule has 0 bridgehead atoms. The van der Waals surface area contributed by atoms with Gasteiger partial charge in [-0.2, -0.15) is 0 Å². The van der Waals surface area contributed by atoms with E-state index < -0.39 is 0 Å². The molecule has 0 aliphatic heterocycles. The van der Waals surface area contributed by atoms with Gasteiger partial charge in [-0.25, -0.2) is 0 Å². The molecular weight excluding hydrogens is 158 g/mol. The Morgan fingerprint density at radius 1 is 0.538 bits per heavy atom. The van der Waals surface area contributed by atoms with Crippen LogP contribution in [0.25, 0.3) is 0 Å². The van der Waals surface area contributed by atoms with E-state index in [2.05, 4.69) is 24.3 Å². The summed E-state index contributed by atoms with van der Waals surface area (Å²) in [5, 5.41) is 0. The SMILES string of the molecule is C1=CCCCCCCCCC=C1.N. The summed E-state index contributed by atoms with van der Waals surface area (Å²) in [6, 6.07) is 0. The Morgan fingerprint density at radius 2 is 0.923 bits per heavy atom. The zero-order chi connectivity index (χ0) is 8.49. The highest BCUT2D eigenvalue weighted by Crippen LogP contribution is 2.10. The van der Waals surface area contributed by atoms with E-state index in [9.17, 15) is 0 Å². The minimum absolute atomic E-state index is 0. The lowest BCUT2D eigenvalue weighted by atomic mass is 10.1. The van der Waals surface area contributed by atoms with E-state index >= 15 is 0 Å². The molecule has 0 heterocycles. The van der Waals surface area contributed by atoms with Crippen molar-refractivity contribution in [2.45, 2.75) is 51.4 Å². The van der Waals surface area contributed by atoms with E-state index in [0.29, 0.717) is 0 Å². The molecule has 76 valence electrons. The van der Waals surface area contributed by atoms with Crippen molar-refractivity contribution in [1.29, 1.82) is 0 Å². The van der Waals surface area contributed by atoms with Gasteiger partial charge >= 0.3 is 0 Å². The van der Waals surface area contributed by atoms with Gasteiger partial charge in [-0.05, 0) is 25.7 Å². The van der Waals surface area contributed by atoms with Crippen LogP contribution in [0.15, 0.2) is 24.3 Å². The first kappa shape index (κ1) is 12.4. The van der Waals surface area contributed by atoms with Crippen molar-refractivity contribution in [3.63, 3.8) is 0 Å². The zero-order valence-corrected chi connectivity index (χ0v) is 8.67. The summed E-state index contributed by atoms with van der Waals surface area (Å²) in [6.07, 6.45) is 20.0. The van der Waals surface area contributed by atoms with Crippen LogP contribution >= 0.6 is 0 Å². The first-order valence-corrected chi connectivity index (χ1v) is 5.32. The Bertz CT molecular complexity index is 129. The van der Waals surface area contributed by atoms with E-state index in [0.717, 1.165) is 0 Å². The molecular formula is C12H23N. The molecule has 3 N–H and O–H groups in total. The second-order valence-corrected chi connectivity index (χ2v) is 3.55. The molecule has 0 spiro atoms. The molecule has 0 aromatic carbocycles. The highest BCUT2D eigenvalue weighted by atomic mass is 14.0. The number of rotatable bonds is 0. The zero-order valence-electron chi connectivity index (χ0n) is 8.67. The van der Waals surface area contributed by atoms with Crippen molar-refractivity contribution in [3.8, 4) is 0 Å². The van der Waals surface area contributed by atoms with Crippen molar-refractivity contribution in [2.75, 3.05) is 0 Å². The Hall–Kier alpha value is -0.560. The van der Waals surface area contributed by atoms with E-state index in [1.165, 1.54) is 51.4 Å². The van der Waals surface area contributed by atoms with Crippen LogP contribution in [0.5, 0.6) is 0 Å². The number of allylic oxidation sites excluding steroid dienone is 4. The van der Waals surface area contributed by atoms with Crippen LogP contribution < -0.4 is 6.15 Å². The molecule has 1 aliphatic carbocycles. The summed E-state index contributed by atoms with van der Waals surface area (Å²) in [7, 11) is 0. The van der Waals surface area contributed by atoms with Gasteiger partial charge in [0.05, 0.1) is 0 Å². The van der Waals surface area contributed by atoms with Gasteiger partial charge in [0.1, 0.15) is 0 Å². The van der Waals surface area contributed by atoms with Crippen molar-refractivity contribution in [2.24, 2.45) is 0 Å². The molecule has 0 amide bonds. The highest BCUT2D eigenvalue weighted by molar-refractivity contribution is 5.02. The molecule has 1 aliphatic rings. The fourth-order valence-electron chi connectivity index (χ4n) is 1.58. The summed E-state index contributed by atoms with van der Waals surface area (Å²) in [6.45, 7) is 0. The standard InChI is InChI=1S/C12H20.H3N/c1-2-4-6-8-10-12-11-9-7-5-3-1;/h1-4H,5-12H2;1H3. The third-order valence-electron chi connectivity index (χ3n) is 2.37. The average molecular weight is 181 g/mol. The summed E-state index contributed by atoms with van der Waals surface area (Å²) >= 11 is 0. The molecule has 13 heavy (non-hydrogen) atoms.